The lowest BCUT2D eigenvalue weighted by Crippen LogP contribution is -2.08. The molecule has 5 heteroatoms. The lowest BCUT2D eigenvalue weighted by atomic mass is 10.1. The first-order valence-electron chi connectivity index (χ1n) is 5.64. The fourth-order valence-corrected chi connectivity index (χ4v) is 3.16. The van der Waals surface area contributed by atoms with Gasteiger partial charge in [0.1, 0.15) is 11.6 Å². The van der Waals surface area contributed by atoms with Gasteiger partial charge in [-0.25, -0.2) is 8.78 Å². The van der Waals surface area contributed by atoms with Gasteiger partial charge in [0.25, 0.3) is 0 Å². The van der Waals surface area contributed by atoms with E-state index in [-0.39, 0.29) is 11.7 Å². The van der Waals surface area contributed by atoms with E-state index in [0.29, 0.717) is 0 Å². The topological polar surface area (TPSA) is 12.0 Å². The van der Waals surface area contributed by atoms with Crippen molar-refractivity contribution in [2.45, 2.75) is 13.0 Å². The Labute approximate surface area is 127 Å². The highest BCUT2D eigenvalue weighted by molar-refractivity contribution is 9.11. The normalized spacial score (nSPS) is 12.3. The molecule has 0 spiro atoms. The smallest absolute Gasteiger partial charge is 0.149 e. The third kappa shape index (κ3) is 3.54. The summed E-state index contributed by atoms with van der Waals surface area (Å²) in [4.78, 5) is 0. The molecule has 0 saturated carbocycles. The molecule has 1 nitrogen and oxygen atoms in total. The molecule has 0 heterocycles. The van der Waals surface area contributed by atoms with E-state index < -0.39 is 11.6 Å². The molecule has 0 aromatic heterocycles. The number of halogens is 4. The van der Waals surface area contributed by atoms with Crippen LogP contribution in [0.2, 0.25) is 0 Å². The monoisotopic (exact) mass is 389 g/mol. The minimum atomic E-state index is -0.597. The molecule has 0 amide bonds. The maximum atomic E-state index is 13.6. The third-order valence-corrected chi connectivity index (χ3v) is 3.91. The van der Waals surface area contributed by atoms with Crippen LogP contribution in [0.15, 0.2) is 45.3 Å². The fourth-order valence-electron chi connectivity index (χ4n) is 1.77. The maximum absolute atomic E-state index is 13.6. The van der Waals surface area contributed by atoms with Crippen LogP contribution in [0.4, 0.5) is 14.5 Å². The molecule has 0 fully saturated rings. The predicted octanol–water partition coefficient (Wildman–Crippen LogP) is 5.66. The van der Waals surface area contributed by atoms with E-state index in [1.165, 1.54) is 12.1 Å². The second kappa shape index (κ2) is 6.01. The third-order valence-electron chi connectivity index (χ3n) is 2.73. The van der Waals surface area contributed by atoms with Crippen molar-refractivity contribution in [3.63, 3.8) is 0 Å². The zero-order chi connectivity index (χ0) is 14.0. The molecule has 100 valence electrons. The molecule has 1 N–H and O–H groups in total. The molecule has 1 unspecified atom stereocenters. The van der Waals surface area contributed by atoms with E-state index in [2.05, 4.69) is 37.2 Å². The Balaban J connectivity index is 2.23. The minimum Gasteiger partial charge on any atom is -0.376 e. The first-order chi connectivity index (χ1) is 8.97. The van der Waals surface area contributed by atoms with Gasteiger partial charge in [0.2, 0.25) is 0 Å². The van der Waals surface area contributed by atoms with E-state index in [4.69, 9.17) is 0 Å². The van der Waals surface area contributed by atoms with Gasteiger partial charge in [0.05, 0.1) is 5.69 Å². The summed E-state index contributed by atoms with van der Waals surface area (Å²) in [7, 11) is 0. The van der Waals surface area contributed by atoms with Crippen molar-refractivity contribution >= 4 is 37.5 Å². The van der Waals surface area contributed by atoms with Gasteiger partial charge in [0, 0.05) is 21.1 Å². The van der Waals surface area contributed by atoms with E-state index in [1.807, 2.05) is 25.1 Å². The van der Waals surface area contributed by atoms with Crippen molar-refractivity contribution in [1.82, 2.24) is 0 Å². The van der Waals surface area contributed by atoms with Crippen LogP contribution in [0.25, 0.3) is 0 Å². The van der Waals surface area contributed by atoms with Crippen LogP contribution in [0.3, 0.4) is 0 Å². The average Bonchev–Trinajstić information content (AvgIpc) is 2.32. The van der Waals surface area contributed by atoms with Crippen molar-refractivity contribution in [3.05, 3.63) is 62.5 Å². The molecule has 2 aromatic carbocycles. The maximum Gasteiger partial charge on any atom is 0.149 e. The standard InChI is InChI=1S/C14H11Br2F2N/c1-8(11-4-2-9(15)6-12(11)16)19-14-5-3-10(17)7-13(14)18/h2-8,19H,1H3. The highest BCUT2D eigenvalue weighted by Gasteiger charge is 2.12. The van der Waals surface area contributed by atoms with Gasteiger partial charge >= 0.3 is 0 Å². The predicted molar refractivity (Wildman–Crippen MR) is 80.2 cm³/mol. The minimum absolute atomic E-state index is 0.109. The van der Waals surface area contributed by atoms with E-state index in [0.717, 1.165) is 20.6 Å². The van der Waals surface area contributed by atoms with Crippen molar-refractivity contribution < 1.29 is 8.78 Å². The van der Waals surface area contributed by atoms with Crippen LogP contribution >= 0.6 is 31.9 Å². The van der Waals surface area contributed by atoms with Gasteiger partial charge in [-0.2, -0.15) is 0 Å². The van der Waals surface area contributed by atoms with E-state index in [1.54, 1.807) is 0 Å². The van der Waals surface area contributed by atoms with E-state index >= 15 is 0 Å². The first kappa shape index (κ1) is 14.5. The Kier molecular flexibility index (Phi) is 4.58. The zero-order valence-corrected chi connectivity index (χ0v) is 13.2. The lowest BCUT2D eigenvalue weighted by molar-refractivity contribution is 0.584. The molecule has 0 aliphatic carbocycles. The zero-order valence-electron chi connectivity index (χ0n) is 10.1. The summed E-state index contributed by atoms with van der Waals surface area (Å²) < 4.78 is 28.3. The Hall–Kier alpha value is -0.940. The van der Waals surface area contributed by atoms with Gasteiger partial charge in [0.15, 0.2) is 0 Å². The molecule has 0 saturated heterocycles. The molecule has 0 bridgehead atoms. The summed E-state index contributed by atoms with van der Waals surface area (Å²) in [6.45, 7) is 1.91. The number of hydrogen-bond donors (Lipinski definition) is 1. The molecule has 2 aromatic rings. The van der Waals surface area contributed by atoms with Gasteiger partial charge in [-0.3, -0.25) is 0 Å². The van der Waals surface area contributed by atoms with Gasteiger partial charge in [-0.05, 0) is 36.8 Å². The Morgan fingerprint density at radius 2 is 1.79 bits per heavy atom. The van der Waals surface area contributed by atoms with Crippen molar-refractivity contribution in [2.75, 3.05) is 5.32 Å². The Morgan fingerprint density at radius 1 is 1.05 bits per heavy atom. The molecule has 2 rings (SSSR count). The first-order valence-corrected chi connectivity index (χ1v) is 7.22. The summed E-state index contributed by atoms with van der Waals surface area (Å²) in [5.74, 6) is -1.18. The number of hydrogen-bond acceptors (Lipinski definition) is 1. The molecule has 0 radical (unpaired) electrons. The second-order valence-corrected chi connectivity index (χ2v) is 5.93. The highest BCUT2D eigenvalue weighted by atomic mass is 79.9. The molecule has 0 aliphatic rings. The molecular weight excluding hydrogens is 380 g/mol. The largest absolute Gasteiger partial charge is 0.376 e. The van der Waals surface area contributed by atoms with Crippen molar-refractivity contribution in [1.29, 1.82) is 0 Å². The molecule has 19 heavy (non-hydrogen) atoms. The highest BCUT2D eigenvalue weighted by Crippen LogP contribution is 2.29. The lowest BCUT2D eigenvalue weighted by Gasteiger charge is -2.18. The number of benzene rings is 2. The van der Waals surface area contributed by atoms with Crippen LogP contribution < -0.4 is 5.32 Å². The van der Waals surface area contributed by atoms with Crippen LogP contribution in [0.5, 0.6) is 0 Å². The molecule has 1 atom stereocenters. The summed E-state index contributed by atoms with van der Waals surface area (Å²) >= 11 is 6.85. The van der Waals surface area contributed by atoms with Crippen LogP contribution in [0, 0.1) is 11.6 Å². The van der Waals surface area contributed by atoms with Crippen molar-refractivity contribution in [2.24, 2.45) is 0 Å². The van der Waals surface area contributed by atoms with Crippen LogP contribution in [0.1, 0.15) is 18.5 Å². The second-order valence-electron chi connectivity index (χ2n) is 4.16. The van der Waals surface area contributed by atoms with Gasteiger partial charge < -0.3 is 5.32 Å². The van der Waals surface area contributed by atoms with Crippen LogP contribution in [-0.2, 0) is 0 Å². The quantitative estimate of drug-likeness (QED) is 0.712. The fraction of sp³-hybridized carbons (Fsp3) is 0.143. The summed E-state index contributed by atoms with van der Waals surface area (Å²) in [5.41, 5.74) is 1.27. The average molecular weight is 391 g/mol. The Bertz CT molecular complexity index is 602. The number of anilines is 1. The summed E-state index contributed by atoms with van der Waals surface area (Å²) in [6, 6.07) is 9.16. The van der Waals surface area contributed by atoms with Gasteiger partial charge in [-0.1, -0.05) is 37.9 Å². The number of nitrogens with one attached hydrogen (secondary N) is 1. The van der Waals surface area contributed by atoms with Crippen molar-refractivity contribution in [3.8, 4) is 0 Å². The van der Waals surface area contributed by atoms with E-state index in [9.17, 15) is 8.78 Å². The van der Waals surface area contributed by atoms with Crippen LogP contribution in [-0.4, -0.2) is 0 Å². The summed E-state index contributed by atoms with van der Waals surface area (Å²) in [6.07, 6.45) is 0. The van der Waals surface area contributed by atoms with Gasteiger partial charge in [-0.15, -0.1) is 0 Å². The number of rotatable bonds is 3. The molecule has 0 aliphatic heterocycles. The summed E-state index contributed by atoms with van der Waals surface area (Å²) in [5, 5.41) is 3.03. The SMILES string of the molecule is CC(Nc1ccc(F)cc1F)c1ccc(Br)cc1Br. The Morgan fingerprint density at radius 3 is 2.42 bits per heavy atom. The molecular formula is C14H11Br2F2N.